The fourth-order valence-corrected chi connectivity index (χ4v) is 3.50. The van der Waals surface area contributed by atoms with Crippen molar-refractivity contribution >= 4 is 39.0 Å². The summed E-state index contributed by atoms with van der Waals surface area (Å²) in [5.41, 5.74) is 0. The molecular weight excluding hydrogens is 242 g/mol. The summed E-state index contributed by atoms with van der Waals surface area (Å²) in [5, 5.41) is 3.12. The van der Waals surface area contributed by atoms with E-state index in [0.29, 0.717) is 0 Å². The van der Waals surface area contributed by atoms with Gasteiger partial charge >= 0.3 is 0 Å². The molecule has 1 N–H and O–H groups in total. The van der Waals surface area contributed by atoms with Gasteiger partial charge in [-0.3, -0.25) is 0 Å². The molecule has 1 aromatic rings. The van der Waals surface area contributed by atoms with E-state index in [-0.39, 0.29) is 0 Å². The molecular formula is C7H10BrNS2. The van der Waals surface area contributed by atoms with Crippen molar-refractivity contribution in [3.05, 3.63) is 15.9 Å². The molecule has 0 aliphatic carbocycles. The van der Waals surface area contributed by atoms with Gasteiger partial charge in [0.25, 0.3) is 0 Å². The smallest absolute Gasteiger partial charge is 0.0710 e. The van der Waals surface area contributed by atoms with Gasteiger partial charge in [-0.25, -0.2) is 0 Å². The Balaban J connectivity index is 2.27. The molecule has 0 aromatic carbocycles. The van der Waals surface area contributed by atoms with Crippen LogP contribution in [0.3, 0.4) is 0 Å². The van der Waals surface area contributed by atoms with E-state index in [2.05, 4.69) is 33.4 Å². The highest BCUT2D eigenvalue weighted by Crippen LogP contribution is 2.29. The quantitative estimate of drug-likeness (QED) is 0.653. The van der Waals surface area contributed by atoms with Crippen molar-refractivity contribution in [2.75, 3.05) is 19.3 Å². The van der Waals surface area contributed by atoms with Crippen LogP contribution in [0.15, 0.2) is 20.1 Å². The molecule has 0 saturated heterocycles. The monoisotopic (exact) mass is 251 g/mol. The summed E-state index contributed by atoms with van der Waals surface area (Å²) in [4.78, 5) is 0. The van der Waals surface area contributed by atoms with Gasteiger partial charge in [0.1, 0.15) is 0 Å². The zero-order valence-electron chi connectivity index (χ0n) is 6.26. The zero-order valence-corrected chi connectivity index (χ0v) is 9.48. The molecule has 0 saturated carbocycles. The standard InChI is InChI=1S/C7H10BrNS2/c1-9-4-5-10-7-3-2-6(8)11-7/h2-3,9H,4-5H2,1H3. The van der Waals surface area contributed by atoms with Crippen LogP contribution in [0.4, 0.5) is 0 Å². The minimum Gasteiger partial charge on any atom is -0.319 e. The molecule has 1 rings (SSSR count). The second kappa shape index (κ2) is 5.19. The van der Waals surface area contributed by atoms with E-state index in [9.17, 15) is 0 Å². The van der Waals surface area contributed by atoms with Crippen LogP contribution in [0.2, 0.25) is 0 Å². The van der Waals surface area contributed by atoms with Crippen LogP contribution in [0.5, 0.6) is 0 Å². The second-order valence-electron chi connectivity index (χ2n) is 2.01. The summed E-state index contributed by atoms with van der Waals surface area (Å²) < 4.78 is 2.59. The van der Waals surface area contributed by atoms with Crippen molar-refractivity contribution in [1.29, 1.82) is 0 Å². The Labute approximate surface area is 83.7 Å². The third-order valence-electron chi connectivity index (χ3n) is 1.14. The minimum atomic E-state index is 1.07. The summed E-state index contributed by atoms with van der Waals surface area (Å²) >= 11 is 7.11. The van der Waals surface area contributed by atoms with Crippen LogP contribution < -0.4 is 5.32 Å². The van der Waals surface area contributed by atoms with Crippen molar-refractivity contribution < 1.29 is 0 Å². The van der Waals surface area contributed by atoms with Crippen molar-refractivity contribution in [2.45, 2.75) is 4.21 Å². The van der Waals surface area contributed by atoms with Crippen LogP contribution in [-0.2, 0) is 0 Å². The Morgan fingerprint density at radius 2 is 2.45 bits per heavy atom. The number of hydrogen-bond donors (Lipinski definition) is 1. The van der Waals surface area contributed by atoms with E-state index in [1.807, 2.05) is 18.8 Å². The third kappa shape index (κ3) is 3.60. The highest BCUT2D eigenvalue weighted by molar-refractivity contribution is 9.11. The van der Waals surface area contributed by atoms with E-state index in [0.717, 1.165) is 12.3 Å². The fraction of sp³-hybridized carbons (Fsp3) is 0.429. The largest absolute Gasteiger partial charge is 0.319 e. The summed E-state index contributed by atoms with van der Waals surface area (Å²) in [7, 11) is 1.98. The Bertz CT molecular complexity index is 212. The molecule has 0 unspecified atom stereocenters. The number of nitrogens with one attached hydrogen (secondary N) is 1. The Kier molecular flexibility index (Phi) is 4.52. The van der Waals surface area contributed by atoms with Gasteiger partial charge in [0.15, 0.2) is 0 Å². The molecule has 0 spiro atoms. The topological polar surface area (TPSA) is 12.0 Å². The van der Waals surface area contributed by atoms with Gasteiger partial charge in [0.05, 0.1) is 8.00 Å². The lowest BCUT2D eigenvalue weighted by Gasteiger charge is -1.95. The summed E-state index contributed by atoms with van der Waals surface area (Å²) in [6, 6.07) is 4.24. The van der Waals surface area contributed by atoms with E-state index in [1.54, 1.807) is 11.3 Å². The summed E-state index contributed by atoms with van der Waals surface area (Å²) in [6.07, 6.45) is 0. The van der Waals surface area contributed by atoms with Crippen LogP contribution in [0.25, 0.3) is 0 Å². The van der Waals surface area contributed by atoms with Gasteiger partial charge < -0.3 is 5.32 Å². The molecule has 1 nitrogen and oxygen atoms in total. The van der Waals surface area contributed by atoms with Crippen LogP contribution in [-0.4, -0.2) is 19.3 Å². The minimum absolute atomic E-state index is 1.07. The van der Waals surface area contributed by atoms with Crippen LogP contribution >= 0.6 is 39.0 Å². The van der Waals surface area contributed by atoms with Crippen molar-refractivity contribution in [2.24, 2.45) is 0 Å². The van der Waals surface area contributed by atoms with Crippen molar-refractivity contribution in [1.82, 2.24) is 5.32 Å². The molecule has 62 valence electrons. The number of thiophene rings is 1. The molecule has 1 heterocycles. The number of hydrogen-bond acceptors (Lipinski definition) is 3. The first-order valence-corrected chi connectivity index (χ1v) is 5.95. The SMILES string of the molecule is CNCCSc1ccc(Br)s1. The maximum Gasteiger partial charge on any atom is 0.0710 e. The summed E-state index contributed by atoms with van der Waals surface area (Å²) in [5.74, 6) is 1.14. The van der Waals surface area contributed by atoms with Gasteiger partial charge in [-0.2, -0.15) is 0 Å². The first-order chi connectivity index (χ1) is 5.33. The Morgan fingerprint density at radius 1 is 1.64 bits per heavy atom. The Hall–Kier alpha value is 0.490. The van der Waals surface area contributed by atoms with E-state index < -0.39 is 0 Å². The molecule has 0 radical (unpaired) electrons. The third-order valence-corrected chi connectivity index (χ3v) is 4.00. The van der Waals surface area contributed by atoms with Crippen molar-refractivity contribution in [3.8, 4) is 0 Å². The highest BCUT2D eigenvalue weighted by atomic mass is 79.9. The van der Waals surface area contributed by atoms with Crippen LogP contribution in [0.1, 0.15) is 0 Å². The number of halogens is 1. The molecule has 0 amide bonds. The maximum atomic E-state index is 3.43. The maximum absolute atomic E-state index is 3.43. The summed E-state index contributed by atoms with van der Waals surface area (Å²) in [6.45, 7) is 1.07. The second-order valence-corrected chi connectivity index (χ2v) is 5.87. The first-order valence-electron chi connectivity index (χ1n) is 3.35. The van der Waals surface area contributed by atoms with E-state index >= 15 is 0 Å². The molecule has 0 aliphatic heterocycles. The lowest BCUT2D eigenvalue weighted by atomic mass is 10.7. The molecule has 0 bridgehead atoms. The molecule has 1 aromatic heterocycles. The molecule has 11 heavy (non-hydrogen) atoms. The number of rotatable bonds is 4. The van der Waals surface area contributed by atoms with Gasteiger partial charge in [0, 0.05) is 12.3 Å². The van der Waals surface area contributed by atoms with Gasteiger partial charge in [-0.05, 0) is 35.1 Å². The van der Waals surface area contributed by atoms with Gasteiger partial charge in [0.2, 0.25) is 0 Å². The van der Waals surface area contributed by atoms with Gasteiger partial charge in [-0.15, -0.1) is 23.1 Å². The fourth-order valence-electron chi connectivity index (χ4n) is 0.629. The predicted molar refractivity (Wildman–Crippen MR) is 56.7 cm³/mol. The average molecular weight is 252 g/mol. The Morgan fingerprint density at radius 3 is 3.00 bits per heavy atom. The molecule has 0 atom stereocenters. The lowest BCUT2D eigenvalue weighted by Crippen LogP contribution is -2.09. The van der Waals surface area contributed by atoms with Gasteiger partial charge in [-0.1, -0.05) is 0 Å². The average Bonchev–Trinajstić information content (AvgIpc) is 2.37. The number of thioether (sulfide) groups is 1. The lowest BCUT2D eigenvalue weighted by molar-refractivity contribution is 0.872. The van der Waals surface area contributed by atoms with Crippen LogP contribution in [0, 0.1) is 0 Å². The predicted octanol–water partition coefficient (Wildman–Crippen LogP) is 2.82. The molecule has 0 aliphatic rings. The van der Waals surface area contributed by atoms with E-state index in [1.165, 1.54) is 8.00 Å². The normalized spacial score (nSPS) is 10.4. The first kappa shape index (κ1) is 9.58. The van der Waals surface area contributed by atoms with Crippen molar-refractivity contribution in [3.63, 3.8) is 0 Å². The van der Waals surface area contributed by atoms with E-state index in [4.69, 9.17) is 0 Å². The zero-order chi connectivity index (χ0) is 8.10. The molecule has 0 fully saturated rings. The highest BCUT2D eigenvalue weighted by Gasteiger charge is 1.96. The molecule has 4 heteroatoms.